The fourth-order valence-corrected chi connectivity index (χ4v) is 2.69. The minimum Gasteiger partial charge on any atom is -0.502 e. The average molecular weight is 359 g/mol. The summed E-state index contributed by atoms with van der Waals surface area (Å²) in [5, 5.41) is 24.6. The normalized spacial score (nSPS) is 10.7. The van der Waals surface area contributed by atoms with Gasteiger partial charge < -0.3 is 10.4 Å². The van der Waals surface area contributed by atoms with Crippen molar-refractivity contribution < 1.29 is 10.0 Å². The van der Waals surface area contributed by atoms with Crippen LogP contribution < -0.4 is 5.32 Å². The van der Waals surface area contributed by atoms with Crippen LogP contribution in [0.1, 0.15) is 0 Å². The lowest BCUT2D eigenvalue weighted by molar-refractivity contribution is -0.385. The van der Waals surface area contributed by atoms with Crippen LogP contribution in [0, 0.1) is 10.1 Å². The van der Waals surface area contributed by atoms with Crippen molar-refractivity contribution in [2.75, 3.05) is 5.32 Å². The number of hydrogen-bond acceptors (Lipinski definition) is 7. The van der Waals surface area contributed by atoms with Crippen molar-refractivity contribution in [2.45, 2.75) is 0 Å². The zero-order valence-corrected chi connectivity index (χ0v) is 13.9. The summed E-state index contributed by atoms with van der Waals surface area (Å²) in [5.41, 5.74) is 1.59. The third-order valence-corrected chi connectivity index (χ3v) is 3.98. The SMILES string of the molecule is O=[N+]([O-])c1cc(Nc2nc(-c3ccncc3)nc3ccccc23)ccc1O. The third kappa shape index (κ3) is 3.23. The van der Waals surface area contributed by atoms with Gasteiger partial charge in [0.1, 0.15) is 5.82 Å². The highest BCUT2D eigenvalue weighted by molar-refractivity contribution is 5.92. The molecule has 0 aliphatic heterocycles. The molecule has 2 aromatic carbocycles. The Morgan fingerprint density at radius 1 is 1.00 bits per heavy atom. The maximum Gasteiger partial charge on any atom is 0.312 e. The molecule has 8 nitrogen and oxygen atoms in total. The van der Waals surface area contributed by atoms with Crippen LogP contribution in [0.5, 0.6) is 5.75 Å². The average Bonchev–Trinajstić information content (AvgIpc) is 2.70. The number of aromatic hydroxyl groups is 1. The van der Waals surface area contributed by atoms with E-state index < -0.39 is 10.7 Å². The van der Waals surface area contributed by atoms with E-state index in [2.05, 4.69) is 20.3 Å². The molecule has 2 N–H and O–H groups in total. The number of nitro benzene ring substituents is 1. The first-order valence-corrected chi connectivity index (χ1v) is 8.03. The highest BCUT2D eigenvalue weighted by Gasteiger charge is 2.15. The number of para-hydroxylation sites is 1. The number of anilines is 2. The fourth-order valence-electron chi connectivity index (χ4n) is 2.69. The number of phenols is 1. The molecule has 0 fully saturated rings. The molecule has 27 heavy (non-hydrogen) atoms. The van der Waals surface area contributed by atoms with E-state index in [0.717, 1.165) is 16.5 Å². The number of aromatic nitrogens is 3. The molecule has 0 aliphatic carbocycles. The molecule has 2 heterocycles. The summed E-state index contributed by atoms with van der Waals surface area (Å²) in [7, 11) is 0. The fraction of sp³-hybridized carbons (Fsp3) is 0. The maximum absolute atomic E-state index is 11.1. The van der Waals surface area contributed by atoms with E-state index in [1.807, 2.05) is 24.3 Å². The van der Waals surface area contributed by atoms with Gasteiger partial charge in [0.25, 0.3) is 0 Å². The van der Waals surface area contributed by atoms with E-state index in [9.17, 15) is 15.2 Å². The maximum atomic E-state index is 11.1. The monoisotopic (exact) mass is 359 g/mol. The Balaban J connectivity index is 1.83. The molecule has 8 heteroatoms. The first-order chi connectivity index (χ1) is 13.1. The van der Waals surface area contributed by atoms with Crippen molar-refractivity contribution in [3.8, 4) is 17.1 Å². The van der Waals surface area contributed by atoms with Gasteiger partial charge in [0.05, 0.1) is 10.4 Å². The molecule has 2 aromatic heterocycles. The third-order valence-electron chi connectivity index (χ3n) is 3.98. The zero-order chi connectivity index (χ0) is 18.8. The topological polar surface area (TPSA) is 114 Å². The van der Waals surface area contributed by atoms with Crippen LogP contribution in [0.25, 0.3) is 22.3 Å². The van der Waals surface area contributed by atoms with Crippen molar-refractivity contribution in [3.05, 3.63) is 77.1 Å². The number of pyridine rings is 1. The lowest BCUT2D eigenvalue weighted by Crippen LogP contribution is -2.00. The Hall–Kier alpha value is -4.07. The lowest BCUT2D eigenvalue weighted by Gasteiger charge is -2.11. The largest absolute Gasteiger partial charge is 0.502 e. The summed E-state index contributed by atoms with van der Waals surface area (Å²) < 4.78 is 0. The van der Waals surface area contributed by atoms with Gasteiger partial charge in [-0.15, -0.1) is 0 Å². The van der Waals surface area contributed by atoms with Gasteiger partial charge in [-0.3, -0.25) is 15.1 Å². The molecule has 132 valence electrons. The number of nitrogens with one attached hydrogen (secondary N) is 1. The van der Waals surface area contributed by atoms with Gasteiger partial charge in [0, 0.05) is 35.1 Å². The van der Waals surface area contributed by atoms with Crippen LogP contribution in [-0.4, -0.2) is 25.0 Å². The molecule has 0 bridgehead atoms. The second-order valence-corrected chi connectivity index (χ2v) is 5.73. The van der Waals surface area contributed by atoms with E-state index in [4.69, 9.17) is 0 Å². The van der Waals surface area contributed by atoms with Gasteiger partial charge in [0.2, 0.25) is 0 Å². The summed E-state index contributed by atoms with van der Waals surface area (Å²) in [4.78, 5) is 23.6. The van der Waals surface area contributed by atoms with Crippen molar-refractivity contribution in [2.24, 2.45) is 0 Å². The highest BCUT2D eigenvalue weighted by Crippen LogP contribution is 2.32. The molecule has 0 aliphatic rings. The summed E-state index contributed by atoms with van der Waals surface area (Å²) in [6.45, 7) is 0. The Morgan fingerprint density at radius 2 is 1.78 bits per heavy atom. The predicted octanol–water partition coefficient (Wildman–Crippen LogP) is 4.05. The highest BCUT2D eigenvalue weighted by atomic mass is 16.6. The van der Waals surface area contributed by atoms with Gasteiger partial charge in [-0.2, -0.15) is 0 Å². The molecule has 4 rings (SSSR count). The molecule has 4 aromatic rings. The minimum atomic E-state index is -0.638. The van der Waals surface area contributed by atoms with E-state index in [0.29, 0.717) is 17.3 Å². The molecule has 0 saturated heterocycles. The number of phenolic OH excluding ortho intramolecular Hbond substituents is 1. The van der Waals surface area contributed by atoms with Crippen LogP contribution in [-0.2, 0) is 0 Å². The zero-order valence-electron chi connectivity index (χ0n) is 13.9. The number of nitro groups is 1. The van der Waals surface area contributed by atoms with E-state index in [-0.39, 0.29) is 5.69 Å². The number of nitrogens with zero attached hydrogens (tertiary/aromatic N) is 4. The predicted molar refractivity (Wildman–Crippen MR) is 101 cm³/mol. The molecule has 0 spiro atoms. The molecule has 0 atom stereocenters. The molecular weight excluding hydrogens is 346 g/mol. The van der Waals surface area contributed by atoms with Crippen LogP contribution >= 0.6 is 0 Å². The summed E-state index contributed by atoms with van der Waals surface area (Å²) in [6.07, 6.45) is 3.31. The van der Waals surface area contributed by atoms with E-state index in [1.165, 1.54) is 12.1 Å². The van der Waals surface area contributed by atoms with E-state index in [1.54, 1.807) is 30.6 Å². The van der Waals surface area contributed by atoms with Crippen LogP contribution in [0.4, 0.5) is 17.2 Å². The Bertz CT molecular complexity index is 1150. The first kappa shape index (κ1) is 16.4. The van der Waals surface area contributed by atoms with Gasteiger partial charge in [-0.25, -0.2) is 9.97 Å². The van der Waals surface area contributed by atoms with E-state index >= 15 is 0 Å². The second kappa shape index (κ2) is 6.68. The Kier molecular flexibility index (Phi) is 4.06. The van der Waals surface area contributed by atoms with Crippen molar-refractivity contribution in [3.63, 3.8) is 0 Å². The quantitative estimate of drug-likeness (QED) is 0.321. The summed E-state index contributed by atoms with van der Waals surface area (Å²) in [5.74, 6) is 0.620. The molecular formula is C19H13N5O3. The van der Waals surface area contributed by atoms with Crippen LogP contribution in [0.15, 0.2) is 67.0 Å². The van der Waals surface area contributed by atoms with Gasteiger partial charge >= 0.3 is 5.69 Å². The second-order valence-electron chi connectivity index (χ2n) is 5.73. The van der Waals surface area contributed by atoms with Gasteiger partial charge in [-0.1, -0.05) is 12.1 Å². The number of benzene rings is 2. The number of hydrogen-bond donors (Lipinski definition) is 2. The lowest BCUT2D eigenvalue weighted by atomic mass is 10.2. The van der Waals surface area contributed by atoms with Crippen LogP contribution in [0.2, 0.25) is 0 Å². The molecule has 0 amide bonds. The summed E-state index contributed by atoms with van der Waals surface area (Å²) >= 11 is 0. The smallest absolute Gasteiger partial charge is 0.312 e. The number of fused-ring (bicyclic) bond motifs is 1. The van der Waals surface area contributed by atoms with Crippen molar-refractivity contribution in [1.82, 2.24) is 15.0 Å². The van der Waals surface area contributed by atoms with Crippen LogP contribution in [0.3, 0.4) is 0 Å². The Labute approximate surface area is 153 Å². The minimum absolute atomic E-state index is 0.382. The molecule has 0 unspecified atom stereocenters. The first-order valence-electron chi connectivity index (χ1n) is 8.03. The van der Waals surface area contributed by atoms with Gasteiger partial charge in [-0.05, 0) is 36.4 Å². The van der Waals surface area contributed by atoms with Gasteiger partial charge in [0.15, 0.2) is 11.6 Å². The number of rotatable bonds is 4. The molecule has 0 saturated carbocycles. The molecule has 0 radical (unpaired) electrons. The summed E-state index contributed by atoms with van der Waals surface area (Å²) in [6, 6.07) is 15.2. The van der Waals surface area contributed by atoms with Crippen molar-refractivity contribution in [1.29, 1.82) is 0 Å². The Morgan fingerprint density at radius 3 is 2.56 bits per heavy atom. The van der Waals surface area contributed by atoms with Crippen molar-refractivity contribution >= 4 is 28.1 Å². The standard InChI is InChI=1S/C19H13N5O3/c25-17-6-5-13(11-16(17)24(26)27)21-19-14-3-1-2-4-15(14)22-18(23-19)12-7-9-20-10-8-12/h1-11,25H,(H,21,22,23).